The van der Waals surface area contributed by atoms with Crippen molar-refractivity contribution in [2.45, 2.75) is 20.0 Å². The van der Waals surface area contributed by atoms with Crippen molar-refractivity contribution in [2.24, 2.45) is 0 Å². The van der Waals surface area contributed by atoms with Crippen molar-refractivity contribution in [3.05, 3.63) is 65.4 Å². The summed E-state index contributed by atoms with van der Waals surface area (Å²) < 4.78 is 5.91. The van der Waals surface area contributed by atoms with E-state index in [2.05, 4.69) is 41.9 Å². The lowest BCUT2D eigenvalue weighted by Gasteiger charge is -2.07. The van der Waals surface area contributed by atoms with Crippen LogP contribution >= 0.6 is 0 Å². The first-order valence-electron chi connectivity index (χ1n) is 7.35. The van der Waals surface area contributed by atoms with Gasteiger partial charge in [-0.2, -0.15) is 0 Å². The monoisotopic (exact) mass is 281 g/mol. The summed E-state index contributed by atoms with van der Waals surface area (Å²) in [6.45, 7) is 3.62. The number of hydrogen-bond acceptors (Lipinski definition) is 1. The van der Waals surface area contributed by atoms with Gasteiger partial charge in [0.25, 0.3) is 0 Å². The number of aromatic amines is 1. The molecule has 3 heteroatoms. The molecule has 0 atom stereocenters. The molecule has 0 fully saturated rings. The second-order valence-electron chi connectivity index (χ2n) is 5.31. The van der Waals surface area contributed by atoms with Gasteiger partial charge in [0.15, 0.2) is 0 Å². The molecule has 0 saturated carbocycles. The van der Waals surface area contributed by atoms with E-state index in [9.17, 15) is 0 Å². The summed E-state index contributed by atoms with van der Waals surface area (Å²) in [6.07, 6.45) is 0.994. The quantitative estimate of drug-likeness (QED) is 0.742. The highest BCUT2D eigenvalue weighted by atomic mass is 16.5. The van der Waals surface area contributed by atoms with E-state index in [0.717, 1.165) is 18.7 Å². The number of rotatable bonds is 5. The maximum absolute atomic E-state index is 5.91. The van der Waals surface area contributed by atoms with E-state index in [1.54, 1.807) is 0 Å². The normalized spacial score (nSPS) is 11.0. The average Bonchev–Trinajstić information content (AvgIpc) is 2.82. The molecule has 0 aliphatic heterocycles. The Morgan fingerprint density at radius 1 is 1.10 bits per heavy atom. The number of aromatic nitrogens is 1. The van der Waals surface area contributed by atoms with Crippen molar-refractivity contribution in [1.29, 1.82) is 0 Å². The van der Waals surface area contributed by atoms with Crippen molar-refractivity contribution in [3.63, 3.8) is 0 Å². The summed E-state index contributed by atoms with van der Waals surface area (Å²) in [5.74, 6) is 0.913. The molecule has 0 radical (unpaired) electrons. The van der Waals surface area contributed by atoms with Crippen LogP contribution < -0.4 is 10.5 Å². The van der Waals surface area contributed by atoms with E-state index < -0.39 is 0 Å². The van der Waals surface area contributed by atoms with Crippen LogP contribution in [0.25, 0.3) is 10.9 Å². The lowest BCUT2D eigenvalue weighted by molar-refractivity contribution is -0.366. The van der Waals surface area contributed by atoms with Crippen molar-refractivity contribution in [3.8, 4) is 5.75 Å². The van der Waals surface area contributed by atoms with Crippen LogP contribution in [-0.4, -0.2) is 11.5 Å². The van der Waals surface area contributed by atoms with Gasteiger partial charge in [-0.25, -0.2) is 0 Å². The van der Waals surface area contributed by atoms with Gasteiger partial charge >= 0.3 is 0 Å². The van der Waals surface area contributed by atoms with Gasteiger partial charge in [-0.15, -0.1) is 0 Å². The van der Waals surface area contributed by atoms with Gasteiger partial charge in [0.2, 0.25) is 0 Å². The van der Waals surface area contributed by atoms with E-state index >= 15 is 0 Å². The number of quaternary nitrogens is 1. The molecular weight excluding hydrogens is 260 g/mol. The van der Waals surface area contributed by atoms with Gasteiger partial charge in [-0.3, -0.25) is 0 Å². The number of hydrogen-bond donors (Lipinski definition) is 2. The molecule has 4 N–H and O–H groups in total. The van der Waals surface area contributed by atoms with Gasteiger partial charge in [0.05, 0.1) is 6.54 Å². The van der Waals surface area contributed by atoms with Crippen LogP contribution in [0.1, 0.15) is 16.8 Å². The summed E-state index contributed by atoms with van der Waals surface area (Å²) in [5.41, 5.74) is 8.89. The SMILES string of the molecule is Cc1[nH]c2ccc(OCc3ccccc3)cc2c1CC[NH3+]. The minimum atomic E-state index is 0.598. The molecule has 0 saturated heterocycles. The van der Waals surface area contributed by atoms with Gasteiger partial charge in [-0.05, 0) is 36.2 Å². The Morgan fingerprint density at radius 2 is 1.90 bits per heavy atom. The zero-order valence-corrected chi connectivity index (χ0v) is 12.4. The van der Waals surface area contributed by atoms with Crippen LogP contribution in [-0.2, 0) is 13.0 Å². The number of benzene rings is 2. The maximum atomic E-state index is 5.91. The molecule has 3 nitrogen and oxygen atoms in total. The molecule has 21 heavy (non-hydrogen) atoms. The molecule has 2 aromatic carbocycles. The largest absolute Gasteiger partial charge is 0.489 e. The van der Waals surface area contributed by atoms with E-state index in [-0.39, 0.29) is 0 Å². The number of H-pyrrole nitrogens is 1. The molecule has 1 heterocycles. The lowest BCUT2D eigenvalue weighted by atomic mass is 10.1. The predicted molar refractivity (Wildman–Crippen MR) is 85.3 cm³/mol. The molecule has 108 valence electrons. The highest BCUT2D eigenvalue weighted by Gasteiger charge is 2.09. The second kappa shape index (κ2) is 6.02. The van der Waals surface area contributed by atoms with Crippen LogP contribution in [0, 0.1) is 6.92 Å². The Labute approximate surface area is 124 Å². The molecule has 0 aliphatic rings. The minimum Gasteiger partial charge on any atom is -0.489 e. The summed E-state index contributed by atoms with van der Waals surface area (Å²) in [7, 11) is 0. The zero-order chi connectivity index (χ0) is 14.7. The smallest absolute Gasteiger partial charge is 0.120 e. The van der Waals surface area contributed by atoms with Crippen LogP contribution in [0.2, 0.25) is 0 Å². The lowest BCUT2D eigenvalue weighted by Crippen LogP contribution is -2.51. The molecule has 1 aromatic heterocycles. The van der Waals surface area contributed by atoms with Gasteiger partial charge in [0.1, 0.15) is 12.4 Å². The highest BCUT2D eigenvalue weighted by molar-refractivity contribution is 5.86. The predicted octanol–water partition coefficient (Wildman–Crippen LogP) is 2.84. The van der Waals surface area contributed by atoms with Crippen LogP contribution in [0.3, 0.4) is 0 Å². The number of fused-ring (bicyclic) bond motifs is 1. The van der Waals surface area contributed by atoms with Crippen molar-refractivity contribution >= 4 is 10.9 Å². The number of nitrogens with one attached hydrogen (secondary N) is 1. The fraction of sp³-hybridized carbons (Fsp3) is 0.222. The summed E-state index contributed by atoms with van der Waals surface area (Å²) in [5, 5.41) is 1.25. The molecule has 0 aliphatic carbocycles. The first-order valence-corrected chi connectivity index (χ1v) is 7.35. The average molecular weight is 281 g/mol. The Kier molecular flexibility index (Phi) is 3.93. The standard InChI is InChI=1S/C18H20N2O/c1-13-16(9-10-19)17-11-15(7-8-18(17)20-13)21-12-14-5-3-2-4-6-14/h2-8,11,20H,9-10,12,19H2,1H3/p+1. The summed E-state index contributed by atoms with van der Waals surface area (Å²) >= 11 is 0. The van der Waals surface area contributed by atoms with E-state index in [1.165, 1.54) is 27.7 Å². The van der Waals surface area contributed by atoms with Gasteiger partial charge in [0, 0.05) is 23.0 Å². The first kappa shape index (κ1) is 13.7. The molecule has 0 unspecified atom stereocenters. The Balaban J connectivity index is 1.84. The van der Waals surface area contributed by atoms with Crippen LogP contribution in [0.5, 0.6) is 5.75 Å². The highest BCUT2D eigenvalue weighted by Crippen LogP contribution is 2.27. The minimum absolute atomic E-state index is 0.598. The third-order valence-electron chi connectivity index (χ3n) is 3.77. The van der Waals surface area contributed by atoms with Gasteiger partial charge < -0.3 is 15.5 Å². The third kappa shape index (κ3) is 2.93. The first-order chi connectivity index (χ1) is 10.3. The Hall–Kier alpha value is -2.26. The third-order valence-corrected chi connectivity index (χ3v) is 3.77. The molecule has 3 aromatic rings. The van der Waals surface area contributed by atoms with E-state index in [0.29, 0.717) is 6.61 Å². The van der Waals surface area contributed by atoms with Crippen molar-refractivity contribution in [1.82, 2.24) is 4.98 Å². The molecule has 0 bridgehead atoms. The molecule has 3 rings (SSSR count). The van der Waals surface area contributed by atoms with Crippen LogP contribution in [0.15, 0.2) is 48.5 Å². The number of ether oxygens (including phenoxy) is 1. The maximum Gasteiger partial charge on any atom is 0.120 e. The molecule has 0 spiro atoms. The Morgan fingerprint density at radius 3 is 2.67 bits per heavy atom. The fourth-order valence-electron chi connectivity index (χ4n) is 2.69. The topological polar surface area (TPSA) is 52.7 Å². The van der Waals surface area contributed by atoms with Crippen molar-refractivity contribution in [2.75, 3.05) is 6.54 Å². The molecule has 0 amide bonds. The Bertz CT molecular complexity index is 732. The summed E-state index contributed by atoms with van der Waals surface area (Å²) in [6, 6.07) is 16.5. The van der Waals surface area contributed by atoms with Gasteiger partial charge in [-0.1, -0.05) is 30.3 Å². The number of aryl methyl sites for hydroxylation is 1. The van der Waals surface area contributed by atoms with E-state index in [1.807, 2.05) is 24.3 Å². The fourth-order valence-corrected chi connectivity index (χ4v) is 2.69. The second-order valence-corrected chi connectivity index (χ2v) is 5.31. The van der Waals surface area contributed by atoms with E-state index in [4.69, 9.17) is 4.74 Å². The zero-order valence-electron chi connectivity index (χ0n) is 12.4. The molecular formula is C18H21N2O+. The summed E-state index contributed by atoms with van der Waals surface area (Å²) in [4.78, 5) is 3.43. The van der Waals surface area contributed by atoms with Crippen LogP contribution in [0.4, 0.5) is 0 Å². The van der Waals surface area contributed by atoms with Crippen molar-refractivity contribution < 1.29 is 10.5 Å².